The van der Waals surface area contributed by atoms with Crippen LogP contribution in [-0.2, 0) is 17.7 Å². The molecule has 39 heavy (non-hydrogen) atoms. The highest BCUT2D eigenvalue weighted by Crippen LogP contribution is 2.43. The van der Waals surface area contributed by atoms with Crippen LogP contribution in [0.2, 0.25) is 0 Å². The number of rotatable bonds is 5. The van der Waals surface area contributed by atoms with Gasteiger partial charge in [0.1, 0.15) is 24.7 Å². The van der Waals surface area contributed by atoms with Crippen LogP contribution in [0.4, 0.5) is 11.4 Å². The number of H-pyrrole nitrogens is 1. The normalized spacial score (nSPS) is 15.6. The predicted octanol–water partition coefficient (Wildman–Crippen LogP) is 4.35. The highest BCUT2D eigenvalue weighted by atomic mass is 16.6. The van der Waals surface area contributed by atoms with Gasteiger partial charge in [-0.15, -0.1) is 0 Å². The molecule has 9 nitrogen and oxygen atoms in total. The summed E-state index contributed by atoms with van der Waals surface area (Å²) in [6.07, 6.45) is 2.53. The van der Waals surface area contributed by atoms with Crippen molar-refractivity contribution in [1.29, 1.82) is 0 Å². The summed E-state index contributed by atoms with van der Waals surface area (Å²) >= 11 is 0. The molecule has 3 aliphatic rings. The fourth-order valence-electron chi connectivity index (χ4n) is 5.25. The molecule has 0 amide bonds. The largest absolute Gasteiger partial charge is 0.484 e. The maximum atomic E-state index is 12.6. The second kappa shape index (κ2) is 9.99. The van der Waals surface area contributed by atoms with E-state index < -0.39 is 0 Å². The van der Waals surface area contributed by atoms with Gasteiger partial charge in [-0.3, -0.25) is 4.79 Å². The van der Waals surface area contributed by atoms with Crippen molar-refractivity contribution in [3.05, 3.63) is 87.8 Å². The van der Waals surface area contributed by atoms with Crippen molar-refractivity contribution in [3.8, 4) is 34.4 Å². The summed E-state index contributed by atoms with van der Waals surface area (Å²) in [7, 11) is 0. The van der Waals surface area contributed by atoms with E-state index in [2.05, 4.69) is 32.3 Å². The molecule has 3 aliphatic heterocycles. The number of anilines is 2. The van der Waals surface area contributed by atoms with Crippen LogP contribution in [0, 0.1) is 0 Å². The highest BCUT2D eigenvalue weighted by Gasteiger charge is 2.22. The van der Waals surface area contributed by atoms with E-state index in [1.807, 2.05) is 36.4 Å². The first-order valence-electron chi connectivity index (χ1n) is 13.2. The van der Waals surface area contributed by atoms with Gasteiger partial charge in [0, 0.05) is 60.8 Å². The summed E-state index contributed by atoms with van der Waals surface area (Å²) in [5, 5.41) is 3.48. The molecule has 4 aromatic rings. The number of nitrogens with one attached hydrogen (secondary N) is 2. The molecule has 0 unspecified atom stereocenters. The number of hydrogen-bond acceptors (Lipinski definition) is 8. The van der Waals surface area contributed by atoms with E-state index >= 15 is 0 Å². The van der Waals surface area contributed by atoms with Crippen LogP contribution in [0.3, 0.4) is 0 Å². The number of aromatic amines is 1. The molecule has 0 spiro atoms. The van der Waals surface area contributed by atoms with Gasteiger partial charge < -0.3 is 34.1 Å². The average Bonchev–Trinajstić information content (AvgIpc) is 2.98. The minimum atomic E-state index is -0.133. The number of aromatic nitrogens is 2. The third-order valence-corrected chi connectivity index (χ3v) is 7.20. The molecule has 198 valence electrons. The Morgan fingerprint density at radius 3 is 2.74 bits per heavy atom. The monoisotopic (exact) mass is 524 g/mol. The van der Waals surface area contributed by atoms with Gasteiger partial charge in [0.05, 0.1) is 18.9 Å². The van der Waals surface area contributed by atoms with Gasteiger partial charge in [-0.25, -0.2) is 4.98 Å². The number of para-hydroxylation sites is 1. The SMILES string of the molecule is O=c1cc(N2CCOCC2)cc(-c2cccc3c2Oc2ccc(NCc4cnc5c(c4)OCCO5)cc2C3)[nH]1. The second-order valence-corrected chi connectivity index (χ2v) is 9.81. The van der Waals surface area contributed by atoms with E-state index in [4.69, 9.17) is 18.9 Å². The highest BCUT2D eigenvalue weighted by molar-refractivity contribution is 5.74. The summed E-state index contributed by atoms with van der Waals surface area (Å²) in [5.74, 6) is 2.82. The Bertz CT molecular complexity index is 1600. The Kier molecular flexibility index (Phi) is 6.05. The fraction of sp³-hybridized carbons (Fsp3) is 0.267. The van der Waals surface area contributed by atoms with Crippen molar-refractivity contribution in [2.75, 3.05) is 49.7 Å². The third kappa shape index (κ3) is 4.77. The lowest BCUT2D eigenvalue weighted by Crippen LogP contribution is -2.36. The van der Waals surface area contributed by atoms with Gasteiger partial charge in [-0.1, -0.05) is 12.1 Å². The van der Waals surface area contributed by atoms with E-state index in [9.17, 15) is 4.79 Å². The summed E-state index contributed by atoms with van der Waals surface area (Å²) in [5.41, 5.74) is 6.56. The maximum absolute atomic E-state index is 12.6. The van der Waals surface area contributed by atoms with E-state index in [1.165, 1.54) is 0 Å². The van der Waals surface area contributed by atoms with E-state index in [0.717, 1.165) is 70.3 Å². The molecule has 7 rings (SSSR count). The number of ether oxygens (including phenoxy) is 4. The quantitative estimate of drug-likeness (QED) is 0.350. The van der Waals surface area contributed by atoms with E-state index in [1.54, 1.807) is 12.3 Å². The minimum Gasteiger partial charge on any atom is -0.484 e. The van der Waals surface area contributed by atoms with Gasteiger partial charge in [0.2, 0.25) is 5.56 Å². The Hall–Kier alpha value is -4.50. The van der Waals surface area contributed by atoms with Crippen LogP contribution in [0.15, 0.2) is 65.6 Å². The number of hydrogen-bond donors (Lipinski definition) is 2. The molecule has 2 aromatic heterocycles. The van der Waals surface area contributed by atoms with Gasteiger partial charge in [0.25, 0.3) is 5.88 Å². The van der Waals surface area contributed by atoms with Crippen molar-refractivity contribution in [1.82, 2.24) is 9.97 Å². The molecule has 0 atom stereocenters. The van der Waals surface area contributed by atoms with Crippen LogP contribution in [0.1, 0.15) is 16.7 Å². The van der Waals surface area contributed by atoms with Crippen LogP contribution in [0.25, 0.3) is 11.3 Å². The Morgan fingerprint density at radius 1 is 0.923 bits per heavy atom. The van der Waals surface area contributed by atoms with Crippen LogP contribution >= 0.6 is 0 Å². The molecular formula is C30H28N4O5. The fourth-order valence-corrected chi connectivity index (χ4v) is 5.25. The molecule has 0 bridgehead atoms. The van der Waals surface area contributed by atoms with Crippen molar-refractivity contribution >= 4 is 11.4 Å². The summed E-state index contributed by atoms with van der Waals surface area (Å²) < 4.78 is 23.1. The Balaban J connectivity index is 1.12. The summed E-state index contributed by atoms with van der Waals surface area (Å²) in [6, 6.07) is 17.9. The Labute approximate surface area is 225 Å². The zero-order valence-corrected chi connectivity index (χ0v) is 21.4. The van der Waals surface area contributed by atoms with E-state index in [-0.39, 0.29) is 5.56 Å². The van der Waals surface area contributed by atoms with E-state index in [0.29, 0.717) is 44.6 Å². The van der Waals surface area contributed by atoms with Gasteiger partial charge >= 0.3 is 0 Å². The van der Waals surface area contributed by atoms with Crippen molar-refractivity contribution < 1.29 is 18.9 Å². The number of morpholine rings is 1. The van der Waals surface area contributed by atoms with Crippen molar-refractivity contribution in [2.24, 2.45) is 0 Å². The van der Waals surface area contributed by atoms with Crippen molar-refractivity contribution in [2.45, 2.75) is 13.0 Å². The first-order valence-corrected chi connectivity index (χ1v) is 13.2. The minimum absolute atomic E-state index is 0.133. The molecule has 9 heteroatoms. The number of nitrogens with zero attached hydrogens (tertiary/aromatic N) is 2. The van der Waals surface area contributed by atoms with Gasteiger partial charge in [-0.05, 0) is 47.5 Å². The van der Waals surface area contributed by atoms with Gasteiger partial charge in [-0.2, -0.15) is 0 Å². The lowest BCUT2D eigenvalue weighted by Gasteiger charge is -2.29. The zero-order valence-electron chi connectivity index (χ0n) is 21.4. The number of benzene rings is 2. The molecule has 2 aromatic carbocycles. The number of pyridine rings is 2. The van der Waals surface area contributed by atoms with Gasteiger partial charge in [0.15, 0.2) is 5.75 Å². The summed E-state index contributed by atoms with van der Waals surface area (Å²) in [4.78, 5) is 22.1. The first-order chi connectivity index (χ1) is 19.2. The molecule has 0 aliphatic carbocycles. The maximum Gasteiger partial charge on any atom is 0.257 e. The lowest BCUT2D eigenvalue weighted by molar-refractivity contribution is 0.122. The molecule has 0 saturated carbocycles. The van der Waals surface area contributed by atoms with Crippen molar-refractivity contribution in [3.63, 3.8) is 0 Å². The summed E-state index contributed by atoms with van der Waals surface area (Å²) in [6.45, 7) is 4.52. The topological polar surface area (TPSA) is 97.9 Å². The third-order valence-electron chi connectivity index (χ3n) is 7.20. The first kappa shape index (κ1) is 23.6. The lowest BCUT2D eigenvalue weighted by atomic mass is 9.96. The standard InChI is InChI=1S/C30H28N4O5/c35-28-16-23(34-6-8-36-9-7-34)15-25(33-28)24-3-1-2-20-13-21-14-22(4-5-26(21)39-29(20)24)31-17-19-12-27-30(32-18-19)38-11-10-37-27/h1-5,12,14-16,18,31H,6-11,13,17H2,(H,33,35). The molecule has 1 fully saturated rings. The molecule has 0 radical (unpaired) electrons. The van der Waals surface area contributed by atoms with Crippen LogP contribution < -0.4 is 30.0 Å². The molecular weight excluding hydrogens is 496 g/mol. The zero-order chi connectivity index (χ0) is 26.2. The molecule has 1 saturated heterocycles. The Morgan fingerprint density at radius 2 is 1.82 bits per heavy atom. The van der Waals surface area contributed by atoms with Crippen LogP contribution in [-0.4, -0.2) is 49.5 Å². The smallest absolute Gasteiger partial charge is 0.257 e. The number of fused-ring (bicyclic) bond motifs is 3. The average molecular weight is 525 g/mol. The molecule has 2 N–H and O–H groups in total. The molecule has 5 heterocycles. The predicted molar refractivity (Wildman–Crippen MR) is 147 cm³/mol. The second-order valence-electron chi connectivity index (χ2n) is 9.81. The van der Waals surface area contributed by atoms with Crippen LogP contribution in [0.5, 0.6) is 23.1 Å².